The van der Waals surface area contributed by atoms with E-state index in [2.05, 4.69) is 10.6 Å². The maximum atomic E-state index is 12.0. The fourth-order valence-electron chi connectivity index (χ4n) is 1.58. The molecular weight excluding hydrogens is 278 g/mol. The third-order valence-electron chi connectivity index (χ3n) is 2.47. The monoisotopic (exact) mass is 293 g/mol. The van der Waals surface area contributed by atoms with Gasteiger partial charge in [-0.2, -0.15) is 0 Å². The average molecular weight is 293 g/mol. The van der Waals surface area contributed by atoms with Crippen molar-refractivity contribution < 1.29 is 24.3 Å². The summed E-state index contributed by atoms with van der Waals surface area (Å²) in [5, 5.41) is 13.4. The van der Waals surface area contributed by atoms with E-state index in [-0.39, 0.29) is 11.5 Å². The Hall–Kier alpha value is -2.90. The number of hydrogen-bond donors (Lipinski definition) is 4. The van der Waals surface area contributed by atoms with Gasteiger partial charge >= 0.3 is 5.97 Å². The molecule has 1 atom stereocenters. The number of carboxylic acids is 1. The molecule has 0 aliphatic carbocycles. The summed E-state index contributed by atoms with van der Waals surface area (Å²) < 4.78 is 0. The average Bonchev–Trinajstić information content (AvgIpc) is 2.36. The number of nitrogens with two attached hydrogens (primary N) is 1. The van der Waals surface area contributed by atoms with Gasteiger partial charge in [0.2, 0.25) is 11.8 Å². The smallest absolute Gasteiger partial charge is 0.305 e. The largest absolute Gasteiger partial charge is 0.481 e. The molecule has 1 rings (SSSR count). The SMILES string of the molecule is CC(=O)Nc1cccc(C(=O)N[C@H](CC(=O)O)C(N)=O)c1. The molecule has 0 heterocycles. The Morgan fingerprint density at radius 2 is 1.95 bits per heavy atom. The van der Waals surface area contributed by atoms with Crippen molar-refractivity contribution in [3.05, 3.63) is 29.8 Å². The van der Waals surface area contributed by atoms with Crippen molar-refractivity contribution in [3.63, 3.8) is 0 Å². The molecule has 8 nitrogen and oxygen atoms in total. The minimum Gasteiger partial charge on any atom is -0.481 e. The Morgan fingerprint density at radius 1 is 1.29 bits per heavy atom. The van der Waals surface area contributed by atoms with E-state index in [1.165, 1.54) is 25.1 Å². The molecule has 3 amide bonds. The van der Waals surface area contributed by atoms with Crippen LogP contribution in [0.2, 0.25) is 0 Å². The van der Waals surface area contributed by atoms with Gasteiger partial charge < -0.3 is 21.5 Å². The molecular formula is C13H15N3O5. The van der Waals surface area contributed by atoms with Crippen LogP contribution in [0, 0.1) is 0 Å². The molecule has 0 radical (unpaired) electrons. The van der Waals surface area contributed by atoms with Crippen LogP contribution in [0.4, 0.5) is 5.69 Å². The van der Waals surface area contributed by atoms with Crippen LogP contribution in [-0.2, 0) is 14.4 Å². The van der Waals surface area contributed by atoms with Crippen molar-refractivity contribution in [3.8, 4) is 0 Å². The number of primary amides is 1. The summed E-state index contributed by atoms with van der Waals surface area (Å²) in [4.78, 5) is 44.6. The molecule has 112 valence electrons. The second kappa shape index (κ2) is 7.04. The Balaban J connectivity index is 2.84. The first-order chi connectivity index (χ1) is 9.79. The van der Waals surface area contributed by atoms with Gasteiger partial charge in [-0.1, -0.05) is 6.07 Å². The van der Waals surface area contributed by atoms with Gasteiger partial charge in [-0.25, -0.2) is 0 Å². The van der Waals surface area contributed by atoms with Gasteiger partial charge in [0.1, 0.15) is 6.04 Å². The van der Waals surface area contributed by atoms with E-state index in [0.717, 1.165) is 0 Å². The predicted molar refractivity (Wildman–Crippen MR) is 73.4 cm³/mol. The molecule has 21 heavy (non-hydrogen) atoms. The van der Waals surface area contributed by atoms with Crippen LogP contribution in [0.25, 0.3) is 0 Å². The molecule has 0 saturated carbocycles. The molecule has 0 aromatic heterocycles. The van der Waals surface area contributed by atoms with Gasteiger partial charge in [0.15, 0.2) is 0 Å². The van der Waals surface area contributed by atoms with Crippen LogP contribution in [0.1, 0.15) is 23.7 Å². The molecule has 0 fully saturated rings. The van der Waals surface area contributed by atoms with Crippen molar-refractivity contribution in [2.45, 2.75) is 19.4 Å². The van der Waals surface area contributed by atoms with Gasteiger partial charge in [-0.15, -0.1) is 0 Å². The molecule has 1 aromatic carbocycles. The molecule has 0 aliphatic rings. The van der Waals surface area contributed by atoms with E-state index in [9.17, 15) is 19.2 Å². The number of rotatable bonds is 6. The minimum absolute atomic E-state index is 0.165. The summed E-state index contributed by atoms with van der Waals surface area (Å²) >= 11 is 0. The normalized spacial score (nSPS) is 11.3. The predicted octanol–water partition coefficient (Wildman–Crippen LogP) is -0.297. The molecule has 0 spiro atoms. The Labute approximate surface area is 120 Å². The number of hydrogen-bond acceptors (Lipinski definition) is 4. The minimum atomic E-state index is -1.31. The van der Waals surface area contributed by atoms with Crippen LogP contribution in [0.15, 0.2) is 24.3 Å². The first-order valence-electron chi connectivity index (χ1n) is 5.99. The molecule has 0 aliphatic heterocycles. The fraction of sp³-hybridized carbons (Fsp3) is 0.231. The first-order valence-corrected chi connectivity index (χ1v) is 5.99. The second-order valence-corrected chi connectivity index (χ2v) is 4.29. The Morgan fingerprint density at radius 3 is 2.48 bits per heavy atom. The Kier molecular flexibility index (Phi) is 5.41. The topological polar surface area (TPSA) is 139 Å². The zero-order chi connectivity index (χ0) is 16.0. The highest BCUT2D eigenvalue weighted by atomic mass is 16.4. The lowest BCUT2D eigenvalue weighted by atomic mass is 10.1. The second-order valence-electron chi connectivity index (χ2n) is 4.29. The van der Waals surface area contributed by atoms with Crippen molar-refractivity contribution in [1.82, 2.24) is 5.32 Å². The van der Waals surface area contributed by atoms with Crippen LogP contribution >= 0.6 is 0 Å². The maximum absolute atomic E-state index is 12.0. The number of nitrogens with one attached hydrogen (secondary N) is 2. The van der Waals surface area contributed by atoms with E-state index < -0.39 is 30.2 Å². The molecule has 1 aromatic rings. The summed E-state index contributed by atoms with van der Waals surface area (Å²) in [6, 6.07) is 4.67. The summed E-state index contributed by atoms with van der Waals surface area (Å²) in [5.41, 5.74) is 5.60. The quantitative estimate of drug-likeness (QED) is 0.570. The van der Waals surface area contributed by atoms with E-state index in [4.69, 9.17) is 10.8 Å². The lowest BCUT2D eigenvalue weighted by Crippen LogP contribution is -2.45. The van der Waals surface area contributed by atoms with Gasteiger partial charge in [-0.05, 0) is 18.2 Å². The summed E-state index contributed by atoms with van der Waals surface area (Å²) in [6.45, 7) is 1.32. The highest BCUT2D eigenvalue weighted by molar-refractivity contribution is 5.99. The lowest BCUT2D eigenvalue weighted by Gasteiger charge is -2.13. The van der Waals surface area contributed by atoms with E-state index >= 15 is 0 Å². The van der Waals surface area contributed by atoms with E-state index in [1.54, 1.807) is 6.07 Å². The number of carboxylic acid groups (broad SMARTS) is 1. The maximum Gasteiger partial charge on any atom is 0.305 e. The third kappa shape index (κ3) is 5.31. The number of anilines is 1. The lowest BCUT2D eigenvalue weighted by molar-refractivity contribution is -0.139. The van der Waals surface area contributed by atoms with Gasteiger partial charge in [0, 0.05) is 18.2 Å². The molecule has 8 heteroatoms. The number of aliphatic carboxylic acids is 1. The van der Waals surface area contributed by atoms with Crippen LogP contribution in [-0.4, -0.2) is 34.8 Å². The van der Waals surface area contributed by atoms with Crippen LogP contribution in [0.5, 0.6) is 0 Å². The van der Waals surface area contributed by atoms with Crippen molar-refractivity contribution in [2.24, 2.45) is 5.73 Å². The van der Waals surface area contributed by atoms with Crippen molar-refractivity contribution in [1.29, 1.82) is 0 Å². The zero-order valence-corrected chi connectivity index (χ0v) is 11.3. The van der Waals surface area contributed by atoms with Gasteiger partial charge in [-0.3, -0.25) is 19.2 Å². The van der Waals surface area contributed by atoms with Crippen molar-refractivity contribution in [2.75, 3.05) is 5.32 Å². The molecule has 0 unspecified atom stereocenters. The van der Waals surface area contributed by atoms with Crippen LogP contribution in [0.3, 0.4) is 0 Å². The van der Waals surface area contributed by atoms with Crippen LogP contribution < -0.4 is 16.4 Å². The summed E-state index contributed by atoms with van der Waals surface area (Å²) in [7, 11) is 0. The van der Waals surface area contributed by atoms with E-state index in [0.29, 0.717) is 5.69 Å². The molecule has 5 N–H and O–H groups in total. The standard InChI is InChI=1S/C13H15N3O5/c1-7(17)15-9-4-2-3-8(5-9)13(21)16-10(12(14)20)6-11(18)19/h2-5,10H,6H2,1H3,(H2,14,20)(H,15,17)(H,16,21)(H,18,19)/t10-/m1/s1. The number of amides is 3. The highest BCUT2D eigenvalue weighted by Crippen LogP contribution is 2.11. The summed E-state index contributed by atoms with van der Waals surface area (Å²) in [6.07, 6.45) is -0.605. The number of carbonyl (C=O) groups is 4. The first kappa shape index (κ1) is 16.2. The zero-order valence-electron chi connectivity index (χ0n) is 11.3. The fourth-order valence-corrected chi connectivity index (χ4v) is 1.58. The van der Waals surface area contributed by atoms with Crippen molar-refractivity contribution >= 4 is 29.4 Å². The number of carbonyl (C=O) groups excluding carboxylic acids is 3. The third-order valence-corrected chi connectivity index (χ3v) is 2.47. The van der Waals surface area contributed by atoms with Gasteiger partial charge in [0.25, 0.3) is 5.91 Å². The highest BCUT2D eigenvalue weighted by Gasteiger charge is 2.22. The van der Waals surface area contributed by atoms with E-state index in [1.807, 2.05) is 0 Å². The summed E-state index contributed by atoms with van der Waals surface area (Å²) in [5.74, 6) is -3.16. The van der Waals surface area contributed by atoms with Gasteiger partial charge in [0.05, 0.1) is 6.42 Å². The Bertz CT molecular complexity index is 585. The number of benzene rings is 1. The molecule has 0 bridgehead atoms. The molecule has 0 saturated heterocycles.